The number of imidazole rings is 1. The van der Waals surface area contributed by atoms with E-state index < -0.39 is 0 Å². The van der Waals surface area contributed by atoms with Gasteiger partial charge in [-0.1, -0.05) is 0 Å². The monoisotopic (exact) mass is 411 g/mol. The van der Waals surface area contributed by atoms with Crippen LogP contribution in [0, 0.1) is 6.92 Å². The number of carbonyl (C=O) groups is 1. The van der Waals surface area contributed by atoms with Gasteiger partial charge in [0, 0.05) is 32.0 Å². The number of carbonyl (C=O) groups excluding carboxylic acids is 1. The van der Waals surface area contributed by atoms with Crippen LogP contribution in [0.5, 0.6) is 0 Å². The predicted octanol–water partition coefficient (Wildman–Crippen LogP) is 2.64. The van der Waals surface area contributed by atoms with E-state index in [0.29, 0.717) is 19.0 Å². The number of pyridine rings is 1. The Hall–Kier alpha value is -2.85. The number of ether oxygens (including phenoxy) is 1. The molecule has 1 fully saturated rings. The Morgan fingerprint density at radius 2 is 2.03 bits per heavy atom. The summed E-state index contributed by atoms with van der Waals surface area (Å²) >= 11 is 1.34. The Kier molecular flexibility index (Phi) is 4.51. The molecule has 9 nitrogen and oxygen atoms in total. The lowest BCUT2D eigenvalue weighted by molar-refractivity contribution is 0.161. The quantitative estimate of drug-likeness (QED) is 0.652. The van der Waals surface area contributed by atoms with Crippen LogP contribution < -0.4 is 4.90 Å². The summed E-state index contributed by atoms with van der Waals surface area (Å²) in [6.07, 6.45) is 3.29. The molecule has 0 bridgehead atoms. The smallest absolute Gasteiger partial charge is 0.415 e. The van der Waals surface area contributed by atoms with E-state index in [2.05, 4.69) is 30.7 Å². The van der Waals surface area contributed by atoms with Crippen LogP contribution >= 0.6 is 11.5 Å². The zero-order valence-electron chi connectivity index (χ0n) is 16.3. The maximum Gasteiger partial charge on any atom is 0.415 e. The summed E-state index contributed by atoms with van der Waals surface area (Å²) in [6, 6.07) is 4.15. The minimum Gasteiger partial charge on any atom is -0.447 e. The Labute approximate surface area is 172 Å². The molecule has 5 rings (SSSR count). The maximum absolute atomic E-state index is 12.3. The summed E-state index contributed by atoms with van der Waals surface area (Å²) in [5, 5.41) is 0.775. The number of nitrogens with zero attached hydrogens (tertiary/aromatic N) is 7. The Morgan fingerprint density at radius 1 is 1.21 bits per heavy atom. The highest BCUT2D eigenvalue weighted by atomic mass is 32.1. The average molecular weight is 411 g/mol. The van der Waals surface area contributed by atoms with Crippen LogP contribution in [0.4, 0.5) is 10.6 Å². The van der Waals surface area contributed by atoms with Crippen molar-refractivity contribution >= 4 is 23.4 Å². The molecule has 3 aromatic rings. The Morgan fingerprint density at radius 3 is 2.72 bits per heavy atom. The molecule has 10 heteroatoms. The van der Waals surface area contributed by atoms with E-state index in [9.17, 15) is 4.79 Å². The molecule has 3 aromatic heterocycles. The molecule has 150 valence electrons. The summed E-state index contributed by atoms with van der Waals surface area (Å²) in [7, 11) is 0. The summed E-state index contributed by atoms with van der Waals surface area (Å²) in [4.78, 5) is 29.8. The van der Waals surface area contributed by atoms with Crippen LogP contribution in [-0.2, 0) is 17.8 Å². The number of aromatic nitrogens is 5. The maximum atomic E-state index is 12.3. The van der Waals surface area contributed by atoms with Gasteiger partial charge in [-0.25, -0.2) is 14.8 Å². The number of amides is 1. The van der Waals surface area contributed by atoms with Gasteiger partial charge in [-0.2, -0.15) is 4.37 Å². The standard InChI is InChI=1S/C19H21N7O2S/c1-12-15-16(26-9-10-28-19(26)27)22-17(18-21-13(2)23-29-18)25(15)8-7-24(12)11-14-3-5-20-6-4-14/h3-6,12H,7-11H2,1-2H3/t12-/m1/s1. The van der Waals surface area contributed by atoms with Gasteiger partial charge in [0.05, 0.1) is 18.3 Å². The zero-order valence-corrected chi connectivity index (χ0v) is 17.1. The number of anilines is 1. The fourth-order valence-electron chi connectivity index (χ4n) is 3.96. The van der Waals surface area contributed by atoms with Crippen molar-refractivity contribution in [2.45, 2.75) is 33.0 Å². The van der Waals surface area contributed by atoms with Crippen LogP contribution in [0.25, 0.3) is 10.8 Å². The van der Waals surface area contributed by atoms with E-state index in [1.54, 1.807) is 4.90 Å². The first-order chi connectivity index (χ1) is 14.1. The number of fused-ring (bicyclic) bond motifs is 1. The normalized spacial score (nSPS) is 19.4. The highest BCUT2D eigenvalue weighted by molar-refractivity contribution is 7.09. The molecule has 0 saturated carbocycles. The van der Waals surface area contributed by atoms with Gasteiger partial charge in [0.1, 0.15) is 12.4 Å². The molecule has 0 unspecified atom stereocenters. The van der Waals surface area contributed by atoms with Gasteiger partial charge in [0.2, 0.25) is 0 Å². The van der Waals surface area contributed by atoms with Crippen molar-refractivity contribution in [3.8, 4) is 10.8 Å². The van der Waals surface area contributed by atoms with E-state index in [4.69, 9.17) is 9.72 Å². The second kappa shape index (κ2) is 7.20. The fraction of sp³-hybridized carbons (Fsp3) is 0.421. The van der Waals surface area contributed by atoms with Crippen molar-refractivity contribution in [2.75, 3.05) is 24.6 Å². The van der Waals surface area contributed by atoms with Crippen LogP contribution in [0.3, 0.4) is 0 Å². The van der Waals surface area contributed by atoms with Crippen LogP contribution in [0.1, 0.15) is 30.0 Å². The van der Waals surface area contributed by atoms with Gasteiger partial charge in [-0.15, -0.1) is 0 Å². The van der Waals surface area contributed by atoms with Gasteiger partial charge in [-0.05, 0) is 43.1 Å². The minimum absolute atomic E-state index is 0.0792. The second-order valence-electron chi connectivity index (χ2n) is 7.21. The molecule has 1 saturated heterocycles. The third-order valence-electron chi connectivity index (χ3n) is 5.41. The molecule has 1 atom stereocenters. The Bertz CT molecular complexity index is 1050. The molecule has 5 heterocycles. The molecule has 2 aliphatic rings. The molecule has 0 aliphatic carbocycles. The highest BCUT2D eigenvalue weighted by Gasteiger charge is 2.37. The van der Waals surface area contributed by atoms with Gasteiger partial charge >= 0.3 is 6.09 Å². The van der Waals surface area contributed by atoms with Crippen LogP contribution in [0.15, 0.2) is 24.5 Å². The first-order valence-electron chi connectivity index (χ1n) is 9.60. The molecule has 1 amide bonds. The van der Waals surface area contributed by atoms with Crippen molar-refractivity contribution in [3.05, 3.63) is 41.6 Å². The topological polar surface area (TPSA) is 89.3 Å². The highest BCUT2D eigenvalue weighted by Crippen LogP contribution is 2.39. The number of hydrogen-bond acceptors (Lipinski definition) is 8. The van der Waals surface area contributed by atoms with Crippen LogP contribution in [0.2, 0.25) is 0 Å². The van der Waals surface area contributed by atoms with Gasteiger partial charge in [-0.3, -0.25) is 14.8 Å². The van der Waals surface area contributed by atoms with Gasteiger partial charge in [0.15, 0.2) is 16.6 Å². The number of hydrogen-bond donors (Lipinski definition) is 0. The van der Waals surface area contributed by atoms with E-state index in [1.165, 1.54) is 17.1 Å². The second-order valence-corrected chi connectivity index (χ2v) is 7.96. The third-order valence-corrected chi connectivity index (χ3v) is 6.21. The van der Waals surface area contributed by atoms with Crippen molar-refractivity contribution in [2.24, 2.45) is 0 Å². The molecular weight excluding hydrogens is 390 g/mol. The molecule has 0 radical (unpaired) electrons. The SMILES string of the molecule is Cc1nsc(-c2nc(N3CCOC3=O)c3n2CCN(Cc2ccncc2)[C@@H]3C)n1. The third kappa shape index (κ3) is 3.18. The summed E-state index contributed by atoms with van der Waals surface area (Å²) in [6.45, 7) is 7.38. The lowest BCUT2D eigenvalue weighted by Crippen LogP contribution is -2.37. The minimum atomic E-state index is -0.343. The number of rotatable bonds is 4. The molecule has 2 aliphatic heterocycles. The van der Waals surface area contributed by atoms with Crippen molar-refractivity contribution in [3.63, 3.8) is 0 Å². The largest absolute Gasteiger partial charge is 0.447 e. The zero-order chi connectivity index (χ0) is 20.0. The summed E-state index contributed by atoms with van der Waals surface area (Å²) in [5.41, 5.74) is 2.23. The summed E-state index contributed by atoms with van der Waals surface area (Å²) in [5.74, 6) is 2.17. The average Bonchev–Trinajstić information content (AvgIpc) is 3.43. The van der Waals surface area contributed by atoms with Crippen molar-refractivity contribution in [1.29, 1.82) is 0 Å². The lowest BCUT2D eigenvalue weighted by Gasteiger charge is -2.35. The number of aryl methyl sites for hydroxylation is 1. The molecule has 0 N–H and O–H groups in total. The first kappa shape index (κ1) is 18.2. The van der Waals surface area contributed by atoms with Gasteiger partial charge < -0.3 is 9.30 Å². The van der Waals surface area contributed by atoms with E-state index in [0.717, 1.165) is 42.0 Å². The molecule has 29 heavy (non-hydrogen) atoms. The van der Waals surface area contributed by atoms with Crippen molar-refractivity contribution < 1.29 is 9.53 Å². The van der Waals surface area contributed by atoms with E-state index in [-0.39, 0.29) is 12.1 Å². The van der Waals surface area contributed by atoms with E-state index >= 15 is 0 Å². The van der Waals surface area contributed by atoms with Crippen molar-refractivity contribution in [1.82, 2.24) is 28.8 Å². The number of cyclic esters (lactones) is 1. The Balaban J connectivity index is 1.56. The van der Waals surface area contributed by atoms with Gasteiger partial charge in [0.25, 0.3) is 0 Å². The lowest BCUT2D eigenvalue weighted by atomic mass is 10.1. The first-order valence-corrected chi connectivity index (χ1v) is 10.4. The predicted molar refractivity (Wildman–Crippen MR) is 108 cm³/mol. The molecule has 0 aromatic carbocycles. The summed E-state index contributed by atoms with van der Waals surface area (Å²) < 4.78 is 11.7. The molecule has 0 spiro atoms. The van der Waals surface area contributed by atoms with Crippen LogP contribution in [-0.4, -0.2) is 54.6 Å². The molecular formula is C19H21N7O2S. The fourth-order valence-corrected chi connectivity index (χ4v) is 4.63. The van der Waals surface area contributed by atoms with E-state index in [1.807, 2.05) is 31.5 Å².